The summed E-state index contributed by atoms with van der Waals surface area (Å²) in [7, 11) is 1.32. The number of esters is 1. The molecular formula is C19H23F2NO5. The normalized spacial score (nSPS) is 15.0. The lowest BCUT2D eigenvalue weighted by molar-refractivity contribution is -0.144. The minimum absolute atomic E-state index is 0.105. The van der Waals surface area contributed by atoms with Gasteiger partial charge in [0.2, 0.25) is 0 Å². The van der Waals surface area contributed by atoms with Gasteiger partial charge in [-0.15, -0.1) is 0 Å². The second kappa shape index (κ2) is 10.5. The first kappa shape index (κ1) is 20.7. The minimum atomic E-state index is -2.96. The Labute approximate surface area is 156 Å². The molecule has 8 heteroatoms. The van der Waals surface area contributed by atoms with Gasteiger partial charge in [-0.2, -0.15) is 8.78 Å². The minimum Gasteiger partial charge on any atom is -0.493 e. The molecule has 0 bridgehead atoms. The van der Waals surface area contributed by atoms with Gasteiger partial charge in [0, 0.05) is 12.1 Å². The number of methoxy groups -OCH3 is 1. The van der Waals surface area contributed by atoms with E-state index in [0.29, 0.717) is 5.56 Å². The van der Waals surface area contributed by atoms with E-state index in [1.165, 1.54) is 37.8 Å². The highest BCUT2D eigenvalue weighted by Crippen LogP contribution is 2.29. The van der Waals surface area contributed by atoms with Crippen molar-refractivity contribution in [3.05, 3.63) is 29.8 Å². The molecule has 0 unspecified atom stereocenters. The molecule has 1 fully saturated rings. The number of carbonyl (C=O) groups is 2. The lowest BCUT2D eigenvalue weighted by Crippen LogP contribution is -2.38. The number of hydrogen-bond donors (Lipinski definition) is 1. The Morgan fingerprint density at radius 2 is 1.96 bits per heavy atom. The van der Waals surface area contributed by atoms with Crippen LogP contribution < -0.4 is 14.8 Å². The maximum Gasteiger partial charge on any atom is 0.387 e. The maximum absolute atomic E-state index is 12.3. The quantitative estimate of drug-likeness (QED) is 0.551. The molecule has 1 N–H and O–H groups in total. The van der Waals surface area contributed by atoms with Crippen molar-refractivity contribution >= 4 is 18.0 Å². The van der Waals surface area contributed by atoms with Crippen molar-refractivity contribution in [2.24, 2.45) is 0 Å². The van der Waals surface area contributed by atoms with Crippen molar-refractivity contribution in [1.29, 1.82) is 0 Å². The third-order valence-corrected chi connectivity index (χ3v) is 4.13. The van der Waals surface area contributed by atoms with Gasteiger partial charge in [0.15, 0.2) is 18.1 Å². The van der Waals surface area contributed by atoms with Gasteiger partial charge in [-0.1, -0.05) is 25.3 Å². The van der Waals surface area contributed by atoms with Gasteiger partial charge < -0.3 is 19.5 Å². The monoisotopic (exact) mass is 383 g/mol. The lowest BCUT2D eigenvalue weighted by atomic mass is 9.95. The number of carbonyl (C=O) groups excluding carboxylic acids is 2. The van der Waals surface area contributed by atoms with Gasteiger partial charge in [-0.05, 0) is 36.6 Å². The Morgan fingerprint density at radius 1 is 1.22 bits per heavy atom. The Hall–Kier alpha value is -2.64. The fourth-order valence-electron chi connectivity index (χ4n) is 2.85. The molecule has 1 aliphatic rings. The van der Waals surface area contributed by atoms with E-state index >= 15 is 0 Å². The molecule has 6 nitrogen and oxygen atoms in total. The Bertz CT molecular complexity index is 672. The second-order valence-electron chi connectivity index (χ2n) is 6.13. The molecule has 0 spiro atoms. The first-order chi connectivity index (χ1) is 13.0. The molecule has 1 aromatic carbocycles. The summed E-state index contributed by atoms with van der Waals surface area (Å²) < 4.78 is 38.8. The Morgan fingerprint density at radius 3 is 2.63 bits per heavy atom. The average molecular weight is 383 g/mol. The lowest BCUT2D eigenvalue weighted by Gasteiger charge is -2.22. The van der Waals surface area contributed by atoms with Gasteiger partial charge in [-0.25, -0.2) is 4.79 Å². The molecule has 0 aromatic heterocycles. The molecule has 0 aliphatic heterocycles. The number of nitrogens with one attached hydrogen (secondary N) is 1. The van der Waals surface area contributed by atoms with Crippen molar-refractivity contribution in [2.45, 2.75) is 44.8 Å². The van der Waals surface area contributed by atoms with Crippen molar-refractivity contribution < 1.29 is 32.6 Å². The first-order valence-corrected chi connectivity index (χ1v) is 8.75. The van der Waals surface area contributed by atoms with Gasteiger partial charge in [-0.3, -0.25) is 4.79 Å². The van der Waals surface area contributed by atoms with E-state index in [-0.39, 0.29) is 30.1 Å². The summed E-state index contributed by atoms with van der Waals surface area (Å²) in [6, 6.07) is 4.40. The predicted molar refractivity (Wildman–Crippen MR) is 94.6 cm³/mol. The summed E-state index contributed by atoms with van der Waals surface area (Å²) in [5, 5.41) is 2.85. The van der Waals surface area contributed by atoms with Crippen LogP contribution in [0.25, 0.3) is 6.08 Å². The maximum atomic E-state index is 12.3. The van der Waals surface area contributed by atoms with Crippen LogP contribution in [-0.4, -0.2) is 38.2 Å². The zero-order valence-corrected chi connectivity index (χ0v) is 15.1. The summed E-state index contributed by atoms with van der Waals surface area (Å²) in [5.74, 6) is -0.997. The van der Waals surface area contributed by atoms with E-state index in [1.807, 2.05) is 0 Å². The van der Waals surface area contributed by atoms with Crippen LogP contribution in [0.3, 0.4) is 0 Å². The number of hydrogen-bond acceptors (Lipinski definition) is 5. The highest BCUT2D eigenvalue weighted by atomic mass is 19.3. The van der Waals surface area contributed by atoms with Crippen LogP contribution in [0.2, 0.25) is 0 Å². The third kappa shape index (κ3) is 7.24. The van der Waals surface area contributed by atoms with Crippen LogP contribution in [0.15, 0.2) is 24.3 Å². The topological polar surface area (TPSA) is 73.9 Å². The molecular weight excluding hydrogens is 360 g/mol. The zero-order chi connectivity index (χ0) is 19.6. The molecule has 0 radical (unpaired) electrons. The van der Waals surface area contributed by atoms with E-state index in [1.54, 1.807) is 0 Å². The summed E-state index contributed by atoms with van der Waals surface area (Å²) in [4.78, 5) is 23.5. The number of halogens is 2. The molecule has 148 valence electrons. The summed E-state index contributed by atoms with van der Waals surface area (Å²) in [5.41, 5.74) is 0.525. The van der Waals surface area contributed by atoms with E-state index < -0.39 is 12.6 Å². The Balaban J connectivity index is 1.82. The highest BCUT2D eigenvalue weighted by molar-refractivity contribution is 5.89. The fourth-order valence-corrected chi connectivity index (χ4v) is 2.85. The van der Waals surface area contributed by atoms with Crippen molar-refractivity contribution in [2.75, 3.05) is 13.7 Å². The molecule has 1 amide bonds. The zero-order valence-electron chi connectivity index (χ0n) is 15.1. The van der Waals surface area contributed by atoms with Crippen LogP contribution in [-0.2, 0) is 14.3 Å². The van der Waals surface area contributed by atoms with Crippen LogP contribution in [0.5, 0.6) is 11.5 Å². The van der Waals surface area contributed by atoms with Crippen LogP contribution in [0.1, 0.15) is 37.7 Å². The molecule has 27 heavy (non-hydrogen) atoms. The second-order valence-corrected chi connectivity index (χ2v) is 6.13. The summed E-state index contributed by atoms with van der Waals surface area (Å²) in [6.07, 6.45) is 7.86. The standard InChI is InChI=1S/C19H23F2NO5/c1-25-16-11-13(7-9-15(16)27-19(20)21)8-10-18(24)26-12-17(23)22-14-5-3-2-4-6-14/h7-11,14,19H,2-6,12H2,1H3,(H,22,23)/b10-8+. The molecule has 0 atom stereocenters. The van der Waals surface area contributed by atoms with Gasteiger partial charge in [0.1, 0.15) is 0 Å². The van der Waals surface area contributed by atoms with Crippen molar-refractivity contribution in [3.8, 4) is 11.5 Å². The smallest absolute Gasteiger partial charge is 0.387 e. The van der Waals surface area contributed by atoms with E-state index in [2.05, 4.69) is 10.1 Å². The number of ether oxygens (including phenoxy) is 3. The molecule has 1 aromatic rings. The largest absolute Gasteiger partial charge is 0.493 e. The van der Waals surface area contributed by atoms with Gasteiger partial charge in [0.25, 0.3) is 5.91 Å². The molecule has 0 heterocycles. The highest BCUT2D eigenvalue weighted by Gasteiger charge is 2.16. The van der Waals surface area contributed by atoms with E-state index in [9.17, 15) is 18.4 Å². The van der Waals surface area contributed by atoms with Gasteiger partial charge >= 0.3 is 12.6 Å². The number of alkyl halides is 2. The average Bonchev–Trinajstić information content (AvgIpc) is 2.66. The number of rotatable bonds is 8. The van der Waals surface area contributed by atoms with Crippen LogP contribution >= 0.6 is 0 Å². The van der Waals surface area contributed by atoms with Crippen LogP contribution in [0.4, 0.5) is 8.78 Å². The SMILES string of the molecule is COc1cc(/C=C/C(=O)OCC(=O)NC2CCCCC2)ccc1OC(F)F. The van der Waals surface area contributed by atoms with E-state index in [0.717, 1.165) is 31.8 Å². The summed E-state index contributed by atoms with van der Waals surface area (Å²) >= 11 is 0. The van der Waals surface area contributed by atoms with Crippen molar-refractivity contribution in [3.63, 3.8) is 0 Å². The van der Waals surface area contributed by atoms with Crippen LogP contribution in [0, 0.1) is 0 Å². The molecule has 2 rings (SSSR count). The predicted octanol–water partition coefficient (Wildman–Crippen LogP) is 3.30. The fraction of sp³-hybridized carbons (Fsp3) is 0.474. The van der Waals surface area contributed by atoms with Crippen molar-refractivity contribution in [1.82, 2.24) is 5.32 Å². The number of benzene rings is 1. The number of amides is 1. The summed E-state index contributed by atoms with van der Waals surface area (Å²) in [6.45, 7) is -3.31. The molecule has 1 saturated carbocycles. The molecule has 1 aliphatic carbocycles. The van der Waals surface area contributed by atoms with E-state index in [4.69, 9.17) is 9.47 Å². The molecule has 0 saturated heterocycles. The van der Waals surface area contributed by atoms with Gasteiger partial charge in [0.05, 0.1) is 7.11 Å². The third-order valence-electron chi connectivity index (χ3n) is 4.13. The first-order valence-electron chi connectivity index (χ1n) is 8.75. The Kier molecular flexibility index (Phi) is 8.03.